The van der Waals surface area contributed by atoms with Crippen LogP contribution in [-0.4, -0.2) is 90.3 Å². The van der Waals surface area contributed by atoms with Gasteiger partial charge in [-0.25, -0.2) is 4.79 Å². The van der Waals surface area contributed by atoms with Crippen molar-refractivity contribution in [1.29, 1.82) is 0 Å². The van der Waals surface area contributed by atoms with Gasteiger partial charge in [-0.1, -0.05) is 20.8 Å². The first kappa shape index (κ1) is 39.7. The van der Waals surface area contributed by atoms with Crippen LogP contribution in [0.1, 0.15) is 95.6 Å². The summed E-state index contributed by atoms with van der Waals surface area (Å²) in [5.74, 6) is -3.25. The highest BCUT2D eigenvalue weighted by atomic mass is 16.7. The van der Waals surface area contributed by atoms with Crippen LogP contribution in [0, 0.1) is 28.6 Å². The van der Waals surface area contributed by atoms with Crippen LogP contribution >= 0.6 is 0 Å². The van der Waals surface area contributed by atoms with E-state index in [-0.39, 0.29) is 79.0 Å². The van der Waals surface area contributed by atoms with Gasteiger partial charge in [-0.2, -0.15) is 0 Å². The Hall–Kier alpha value is -3.51. The van der Waals surface area contributed by atoms with Gasteiger partial charge in [-0.05, 0) is 75.8 Å². The number of fused-ring (bicyclic) bond motifs is 1. The van der Waals surface area contributed by atoms with Crippen LogP contribution in [0.2, 0.25) is 0 Å². The molecule has 1 aliphatic carbocycles. The number of phenolic OH excluding ortho intramolecular Hbond substituents is 1. The van der Waals surface area contributed by atoms with Crippen LogP contribution < -0.4 is 4.90 Å². The molecular formula is C35H54N2O10. The minimum absolute atomic E-state index is 0.0742. The van der Waals surface area contributed by atoms with Crippen LogP contribution in [-0.2, 0) is 36.8 Å². The molecule has 12 nitrogen and oxygen atoms in total. The number of benzene rings is 1. The summed E-state index contributed by atoms with van der Waals surface area (Å²) >= 11 is 0. The average Bonchev–Trinajstić information content (AvgIpc) is 2.92. The summed E-state index contributed by atoms with van der Waals surface area (Å²) in [5.41, 5.74) is 0.709. The van der Waals surface area contributed by atoms with Crippen molar-refractivity contribution in [3.8, 4) is 5.75 Å². The topological polar surface area (TPSA) is 171 Å². The molecule has 264 valence electrons. The number of amides is 1. The third kappa shape index (κ3) is 11.3. The van der Waals surface area contributed by atoms with Gasteiger partial charge in [-0.3, -0.25) is 19.2 Å². The Morgan fingerprint density at radius 3 is 2.17 bits per heavy atom. The maximum absolute atomic E-state index is 13.7. The second kappa shape index (κ2) is 16.5. The molecule has 1 amide bonds. The molecule has 0 saturated heterocycles. The number of ether oxygens (including phenoxy) is 2. The molecule has 12 heteroatoms. The number of aliphatic hydroxyl groups is 2. The fraction of sp³-hybridized carbons (Fsp3) is 0.686. The number of carbonyl (C=O) groups excluding carboxylic acids is 5. The number of ketones is 3. The van der Waals surface area contributed by atoms with Gasteiger partial charge in [0.1, 0.15) is 17.3 Å². The third-order valence-electron chi connectivity index (χ3n) is 8.20. The van der Waals surface area contributed by atoms with E-state index in [2.05, 4.69) is 0 Å². The predicted molar refractivity (Wildman–Crippen MR) is 176 cm³/mol. The van der Waals surface area contributed by atoms with Gasteiger partial charge in [0, 0.05) is 50.8 Å². The standard InChI is InChI=1S/C35H54N2O10/c1-21(40)12-28(41)26(18-39)23(10-11-38)13-22-14-25-27(36(8)9)16-24(31(43)30(25)29(42)15-22)17-37(19-34(2,3)4)33(45)47-20-46-32(44)35(5,6)7/h16,22-23,26,38-39,43H,10-15,17-20H2,1-9H3. The molecule has 0 aliphatic heterocycles. The van der Waals surface area contributed by atoms with Gasteiger partial charge in [0.05, 0.1) is 30.6 Å². The molecule has 3 atom stereocenters. The summed E-state index contributed by atoms with van der Waals surface area (Å²) < 4.78 is 10.4. The minimum Gasteiger partial charge on any atom is -0.507 e. The van der Waals surface area contributed by atoms with Crippen LogP contribution in [0.25, 0.3) is 0 Å². The Balaban J connectivity index is 2.42. The lowest BCUT2D eigenvalue weighted by Crippen LogP contribution is -2.38. The lowest BCUT2D eigenvalue weighted by molar-refractivity contribution is -0.162. The summed E-state index contributed by atoms with van der Waals surface area (Å²) in [7, 11) is 3.62. The highest BCUT2D eigenvalue weighted by Crippen LogP contribution is 2.43. The first-order valence-electron chi connectivity index (χ1n) is 16.1. The van der Waals surface area contributed by atoms with E-state index in [4.69, 9.17) is 9.47 Å². The van der Waals surface area contributed by atoms with E-state index in [1.165, 1.54) is 11.8 Å². The van der Waals surface area contributed by atoms with E-state index in [0.717, 1.165) is 0 Å². The second-order valence-corrected chi connectivity index (χ2v) is 15.1. The highest BCUT2D eigenvalue weighted by Gasteiger charge is 2.36. The maximum atomic E-state index is 13.7. The summed E-state index contributed by atoms with van der Waals surface area (Å²) in [5, 5.41) is 31.2. The summed E-state index contributed by atoms with van der Waals surface area (Å²) in [6.07, 6.45) is 0.0150. The lowest BCUT2D eigenvalue weighted by Gasteiger charge is -2.34. The van der Waals surface area contributed by atoms with Crippen molar-refractivity contribution < 1.29 is 48.8 Å². The van der Waals surface area contributed by atoms with Gasteiger partial charge >= 0.3 is 12.1 Å². The largest absolute Gasteiger partial charge is 0.507 e. The number of nitrogens with zero attached hydrogens (tertiary/aromatic N) is 2. The fourth-order valence-electron chi connectivity index (χ4n) is 6.04. The molecule has 1 aromatic carbocycles. The molecule has 0 saturated carbocycles. The number of hydrogen-bond acceptors (Lipinski definition) is 11. The van der Waals surface area contributed by atoms with Crippen molar-refractivity contribution >= 4 is 35.1 Å². The van der Waals surface area contributed by atoms with Crippen molar-refractivity contribution in [3.05, 3.63) is 22.8 Å². The molecule has 3 N–H and O–H groups in total. The normalized spacial score (nSPS) is 16.1. The number of anilines is 1. The third-order valence-corrected chi connectivity index (χ3v) is 8.20. The van der Waals surface area contributed by atoms with Gasteiger partial charge in [0.2, 0.25) is 6.79 Å². The highest BCUT2D eigenvalue weighted by molar-refractivity contribution is 6.03. The molecule has 0 radical (unpaired) electrons. The fourth-order valence-corrected chi connectivity index (χ4v) is 6.04. The van der Waals surface area contributed by atoms with E-state index in [0.29, 0.717) is 29.7 Å². The summed E-state index contributed by atoms with van der Waals surface area (Å²) in [6, 6.07) is 1.74. The Labute approximate surface area is 278 Å². The zero-order valence-corrected chi connectivity index (χ0v) is 29.5. The average molecular weight is 663 g/mol. The molecule has 0 fully saturated rings. The maximum Gasteiger partial charge on any atom is 0.412 e. The summed E-state index contributed by atoms with van der Waals surface area (Å²) in [6.45, 7) is 11.1. The van der Waals surface area contributed by atoms with Crippen LogP contribution in [0.3, 0.4) is 0 Å². The van der Waals surface area contributed by atoms with E-state index < -0.39 is 42.7 Å². The zero-order chi connectivity index (χ0) is 35.9. The number of hydrogen-bond donors (Lipinski definition) is 3. The molecule has 2 rings (SSSR count). The van der Waals surface area contributed by atoms with E-state index >= 15 is 0 Å². The van der Waals surface area contributed by atoms with Gasteiger partial charge in [0.15, 0.2) is 5.78 Å². The van der Waals surface area contributed by atoms with Gasteiger partial charge in [-0.15, -0.1) is 0 Å². The zero-order valence-electron chi connectivity index (χ0n) is 29.5. The smallest absolute Gasteiger partial charge is 0.412 e. The molecule has 3 unspecified atom stereocenters. The van der Waals surface area contributed by atoms with E-state index in [9.17, 15) is 39.3 Å². The molecule has 0 bridgehead atoms. The Kier molecular flexibility index (Phi) is 14.0. The second-order valence-electron chi connectivity index (χ2n) is 15.1. The molecule has 1 aromatic rings. The Morgan fingerprint density at radius 1 is 1.02 bits per heavy atom. The number of esters is 1. The number of aromatic hydroxyl groups is 1. The van der Waals surface area contributed by atoms with Crippen molar-refractivity contribution in [1.82, 2.24) is 4.90 Å². The number of Topliss-reactive ketones (excluding diaryl/α,β-unsaturated/α-hetero) is 3. The lowest BCUT2D eigenvalue weighted by atomic mass is 9.73. The Morgan fingerprint density at radius 2 is 1.66 bits per heavy atom. The SMILES string of the molecule is CC(=O)CC(=O)C(CO)C(CCO)CC1CC(=O)c2c(O)c(CN(CC(C)(C)C)C(=O)OCOC(=O)C(C)(C)C)cc(N(C)C)c2C1. The monoisotopic (exact) mass is 662 g/mol. The molecule has 0 aromatic heterocycles. The number of phenols is 1. The van der Waals surface area contributed by atoms with Gasteiger partial charge < -0.3 is 34.6 Å². The first-order valence-corrected chi connectivity index (χ1v) is 16.1. The number of aliphatic hydroxyl groups excluding tert-OH is 2. The molecular weight excluding hydrogens is 608 g/mol. The van der Waals surface area contributed by atoms with Crippen molar-refractivity contribution in [2.75, 3.05) is 45.5 Å². The molecule has 0 heterocycles. The van der Waals surface area contributed by atoms with E-state index in [1.807, 2.05) is 39.8 Å². The van der Waals surface area contributed by atoms with Crippen molar-refractivity contribution in [2.24, 2.45) is 28.6 Å². The number of carbonyl (C=O) groups is 5. The number of rotatable bonds is 15. The first-order chi connectivity index (χ1) is 21.7. The molecule has 1 aliphatic rings. The van der Waals surface area contributed by atoms with Crippen LogP contribution in [0.15, 0.2) is 6.07 Å². The van der Waals surface area contributed by atoms with Crippen LogP contribution in [0.4, 0.5) is 10.5 Å². The molecule has 47 heavy (non-hydrogen) atoms. The summed E-state index contributed by atoms with van der Waals surface area (Å²) in [4.78, 5) is 66.6. The predicted octanol–water partition coefficient (Wildman–Crippen LogP) is 4.28. The molecule has 0 spiro atoms. The van der Waals surface area contributed by atoms with Gasteiger partial charge in [0.25, 0.3) is 0 Å². The van der Waals surface area contributed by atoms with Crippen molar-refractivity contribution in [2.45, 2.75) is 87.1 Å². The Bertz CT molecular complexity index is 1310. The van der Waals surface area contributed by atoms with Crippen LogP contribution in [0.5, 0.6) is 5.75 Å². The van der Waals surface area contributed by atoms with E-state index in [1.54, 1.807) is 26.8 Å². The quantitative estimate of drug-likeness (QED) is 0.139. The van der Waals surface area contributed by atoms with Crippen molar-refractivity contribution in [3.63, 3.8) is 0 Å². The minimum atomic E-state index is -0.836.